The number of benzene rings is 1. The summed E-state index contributed by atoms with van der Waals surface area (Å²) >= 11 is 2.29. The van der Waals surface area contributed by atoms with Crippen LogP contribution >= 0.6 is 22.6 Å². The van der Waals surface area contributed by atoms with Crippen LogP contribution in [0.25, 0.3) is 17.1 Å². The van der Waals surface area contributed by atoms with Gasteiger partial charge in [0.1, 0.15) is 15.7 Å². The molecule has 3 rings (SSSR count). The van der Waals surface area contributed by atoms with Crippen molar-refractivity contribution in [1.82, 2.24) is 9.38 Å². The van der Waals surface area contributed by atoms with Gasteiger partial charge in [-0.3, -0.25) is 4.40 Å². The fourth-order valence-corrected chi connectivity index (χ4v) is 2.53. The van der Waals surface area contributed by atoms with Gasteiger partial charge in [0, 0.05) is 11.8 Å². The summed E-state index contributed by atoms with van der Waals surface area (Å²) in [7, 11) is 0. The standard InChI is InChI=1S/C12H9IN2O/c1-8-3-2-4-9(7-8)10-11(13)15-5-6-16-12(15)14-10/h2-7H,1H3. The van der Waals surface area contributed by atoms with Gasteiger partial charge in [-0.2, -0.15) is 4.98 Å². The monoisotopic (exact) mass is 324 g/mol. The van der Waals surface area contributed by atoms with E-state index in [1.54, 1.807) is 6.26 Å². The molecular formula is C12H9IN2O. The fraction of sp³-hybridized carbons (Fsp3) is 0.0833. The Bertz CT molecular complexity index is 654. The Hall–Kier alpha value is -1.30. The molecule has 0 spiro atoms. The van der Waals surface area contributed by atoms with E-state index in [0.717, 1.165) is 15.0 Å². The van der Waals surface area contributed by atoms with Gasteiger partial charge in [0.15, 0.2) is 0 Å². The highest BCUT2D eigenvalue weighted by molar-refractivity contribution is 14.1. The van der Waals surface area contributed by atoms with Gasteiger partial charge in [0.2, 0.25) is 0 Å². The molecule has 3 aromatic rings. The molecule has 0 amide bonds. The number of halogens is 1. The molecular weight excluding hydrogens is 315 g/mol. The fourth-order valence-electron chi connectivity index (χ4n) is 1.73. The lowest BCUT2D eigenvalue weighted by Gasteiger charge is -1.99. The van der Waals surface area contributed by atoms with Crippen molar-refractivity contribution in [3.05, 3.63) is 46.0 Å². The van der Waals surface area contributed by atoms with E-state index in [0.29, 0.717) is 5.84 Å². The zero-order valence-electron chi connectivity index (χ0n) is 8.64. The summed E-state index contributed by atoms with van der Waals surface area (Å²) in [5, 5.41) is 0. The van der Waals surface area contributed by atoms with Crippen molar-refractivity contribution < 1.29 is 4.42 Å². The molecule has 0 N–H and O–H groups in total. The number of fused-ring (bicyclic) bond motifs is 1. The van der Waals surface area contributed by atoms with Crippen LogP contribution in [0.2, 0.25) is 0 Å². The number of aryl methyl sites for hydroxylation is 1. The van der Waals surface area contributed by atoms with Crippen LogP contribution in [0.1, 0.15) is 5.56 Å². The first-order valence-electron chi connectivity index (χ1n) is 4.94. The molecule has 80 valence electrons. The Labute approximate surface area is 106 Å². The molecule has 0 unspecified atom stereocenters. The normalized spacial score (nSPS) is 11.1. The van der Waals surface area contributed by atoms with Crippen molar-refractivity contribution in [3.8, 4) is 11.3 Å². The zero-order valence-corrected chi connectivity index (χ0v) is 10.8. The maximum absolute atomic E-state index is 5.28. The lowest BCUT2D eigenvalue weighted by atomic mass is 10.1. The van der Waals surface area contributed by atoms with E-state index in [9.17, 15) is 0 Å². The Kier molecular flexibility index (Phi) is 2.24. The first kappa shape index (κ1) is 9.89. The molecule has 0 fully saturated rings. The summed E-state index contributed by atoms with van der Waals surface area (Å²) < 4.78 is 8.30. The molecule has 16 heavy (non-hydrogen) atoms. The number of imidazole rings is 1. The quantitative estimate of drug-likeness (QED) is 0.641. The molecule has 3 nitrogen and oxygen atoms in total. The first-order chi connectivity index (χ1) is 7.75. The molecule has 0 saturated heterocycles. The third kappa shape index (κ3) is 1.44. The molecule has 0 aliphatic carbocycles. The Balaban J connectivity index is 2.25. The maximum Gasteiger partial charge on any atom is 0.307 e. The summed E-state index contributed by atoms with van der Waals surface area (Å²) in [5.74, 6) is 0.640. The number of aromatic nitrogens is 2. The lowest BCUT2D eigenvalue weighted by molar-refractivity contribution is 0.596. The highest BCUT2D eigenvalue weighted by Crippen LogP contribution is 2.26. The third-order valence-electron chi connectivity index (χ3n) is 2.50. The summed E-state index contributed by atoms with van der Waals surface area (Å²) in [6.45, 7) is 2.08. The van der Waals surface area contributed by atoms with Gasteiger partial charge in [-0.1, -0.05) is 23.8 Å². The SMILES string of the molecule is Cc1cccc(-c2nc3occn3c2I)c1. The number of nitrogens with zero attached hydrogens (tertiary/aromatic N) is 2. The van der Waals surface area contributed by atoms with Gasteiger partial charge in [-0.05, 0) is 35.6 Å². The minimum absolute atomic E-state index is 0.640. The van der Waals surface area contributed by atoms with Crippen LogP contribution < -0.4 is 0 Å². The second kappa shape index (κ2) is 3.62. The van der Waals surface area contributed by atoms with Crippen LogP contribution in [0.15, 0.2) is 41.1 Å². The molecule has 0 aliphatic rings. The minimum atomic E-state index is 0.640. The van der Waals surface area contributed by atoms with Crippen LogP contribution in [0.4, 0.5) is 0 Å². The molecule has 1 aromatic carbocycles. The van der Waals surface area contributed by atoms with E-state index >= 15 is 0 Å². The van der Waals surface area contributed by atoms with Crippen LogP contribution in [0.3, 0.4) is 0 Å². The van der Waals surface area contributed by atoms with Crippen molar-refractivity contribution >= 4 is 28.4 Å². The van der Waals surface area contributed by atoms with Crippen LogP contribution in [0.5, 0.6) is 0 Å². The highest BCUT2D eigenvalue weighted by Gasteiger charge is 2.13. The number of rotatable bonds is 1. The minimum Gasteiger partial charge on any atom is -0.432 e. The molecule has 0 atom stereocenters. The largest absolute Gasteiger partial charge is 0.432 e. The summed E-state index contributed by atoms with van der Waals surface area (Å²) in [6.07, 6.45) is 3.52. The van der Waals surface area contributed by atoms with E-state index in [1.165, 1.54) is 5.56 Å². The van der Waals surface area contributed by atoms with Gasteiger partial charge in [0.05, 0.1) is 0 Å². The number of hydrogen-bond donors (Lipinski definition) is 0. The van der Waals surface area contributed by atoms with Crippen molar-refractivity contribution in [1.29, 1.82) is 0 Å². The molecule has 2 heterocycles. The third-order valence-corrected chi connectivity index (χ3v) is 3.53. The number of hydrogen-bond acceptors (Lipinski definition) is 2. The van der Waals surface area contributed by atoms with Gasteiger partial charge in [-0.15, -0.1) is 0 Å². The molecule has 2 aromatic heterocycles. The van der Waals surface area contributed by atoms with Gasteiger partial charge in [-0.25, -0.2) is 0 Å². The maximum atomic E-state index is 5.28. The highest BCUT2D eigenvalue weighted by atomic mass is 127. The summed E-state index contributed by atoms with van der Waals surface area (Å²) in [5.41, 5.74) is 3.34. The van der Waals surface area contributed by atoms with Gasteiger partial charge >= 0.3 is 5.84 Å². The molecule has 0 saturated carbocycles. The lowest BCUT2D eigenvalue weighted by Crippen LogP contribution is -1.84. The van der Waals surface area contributed by atoms with E-state index in [1.807, 2.05) is 16.7 Å². The zero-order chi connectivity index (χ0) is 11.1. The molecule has 0 bridgehead atoms. The molecule has 0 radical (unpaired) electrons. The van der Waals surface area contributed by atoms with Crippen LogP contribution in [-0.2, 0) is 0 Å². The van der Waals surface area contributed by atoms with E-state index in [-0.39, 0.29) is 0 Å². The Morgan fingerprint density at radius 3 is 3.00 bits per heavy atom. The van der Waals surface area contributed by atoms with E-state index in [2.05, 4.69) is 52.7 Å². The predicted molar refractivity (Wildman–Crippen MR) is 70.3 cm³/mol. The Morgan fingerprint density at radius 2 is 2.25 bits per heavy atom. The average Bonchev–Trinajstić information content (AvgIpc) is 2.82. The molecule has 0 aliphatic heterocycles. The van der Waals surface area contributed by atoms with Gasteiger partial charge < -0.3 is 4.42 Å². The van der Waals surface area contributed by atoms with Gasteiger partial charge in [0.25, 0.3) is 0 Å². The molecule has 4 heteroatoms. The van der Waals surface area contributed by atoms with Crippen molar-refractivity contribution in [2.75, 3.05) is 0 Å². The topological polar surface area (TPSA) is 30.4 Å². The van der Waals surface area contributed by atoms with Crippen LogP contribution in [0, 0.1) is 10.6 Å². The second-order valence-corrected chi connectivity index (χ2v) is 4.70. The predicted octanol–water partition coefficient (Wildman–Crippen LogP) is 3.51. The average molecular weight is 324 g/mol. The van der Waals surface area contributed by atoms with Crippen molar-refractivity contribution in [2.24, 2.45) is 0 Å². The smallest absolute Gasteiger partial charge is 0.307 e. The first-order valence-corrected chi connectivity index (χ1v) is 6.01. The summed E-state index contributed by atoms with van der Waals surface area (Å²) in [4.78, 5) is 4.47. The van der Waals surface area contributed by atoms with Crippen molar-refractivity contribution in [3.63, 3.8) is 0 Å². The van der Waals surface area contributed by atoms with E-state index in [4.69, 9.17) is 4.42 Å². The van der Waals surface area contributed by atoms with E-state index < -0.39 is 0 Å². The van der Waals surface area contributed by atoms with Crippen molar-refractivity contribution in [2.45, 2.75) is 6.92 Å². The Morgan fingerprint density at radius 1 is 1.38 bits per heavy atom. The van der Waals surface area contributed by atoms with Crippen LogP contribution in [-0.4, -0.2) is 9.38 Å². The summed E-state index contributed by atoms with van der Waals surface area (Å²) in [6, 6.07) is 8.32. The second-order valence-electron chi connectivity index (χ2n) is 3.68. The number of oxazole rings is 1.